The third kappa shape index (κ3) is 4.79. The molecule has 1 fully saturated rings. The van der Waals surface area contributed by atoms with Gasteiger partial charge >= 0.3 is 0 Å². The van der Waals surface area contributed by atoms with Crippen molar-refractivity contribution in [3.05, 3.63) is 29.8 Å². The standard InChI is InChI=1S/C18H26N2O3/c1-11(21)15(20-16(22)12-5-6-12)17(23)19-14-9-7-13(8-10-14)18(2,3)4/h7-12,15,21H,5-6H2,1-4H3,(H,19,23)(H,20,22). The number of aliphatic hydroxyl groups excluding tert-OH is 1. The second-order valence-corrected chi connectivity index (χ2v) is 7.32. The molecule has 0 heterocycles. The Morgan fingerprint density at radius 1 is 1.17 bits per heavy atom. The van der Waals surface area contributed by atoms with Gasteiger partial charge in [0.15, 0.2) is 0 Å². The molecule has 1 aliphatic carbocycles. The molecule has 0 bridgehead atoms. The van der Waals surface area contributed by atoms with Crippen LogP contribution in [0.2, 0.25) is 0 Å². The van der Waals surface area contributed by atoms with E-state index in [0.717, 1.165) is 12.8 Å². The van der Waals surface area contributed by atoms with Crippen LogP contribution in [0.4, 0.5) is 5.69 Å². The molecule has 5 heteroatoms. The Kier molecular flexibility index (Phi) is 5.09. The average Bonchev–Trinajstić information content (AvgIpc) is 3.28. The highest BCUT2D eigenvalue weighted by atomic mass is 16.3. The number of hydrogen-bond donors (Lipinski definition) is 3. The van der Waals surface area contributed by atoms with Crippen molar-refractivity contribution in [3.63, 3.8) is 0 Å². The van der Waals surface area contributed by atoms with E-state index in [2.05, 4.69) is 31.4 Å². The minimum atomic E-state index is -0.952. The highest BCUT2D eigenvalue weighted by molar-refractivity contribution is 5.98. The number of carbonyl (C=O) groups is 2. The van der Waals surface area contributed by atoms with Crippen LogP contribution in [0.25, 0.3) is 0 Å². The highest BCUT2D eigenvalue weighted by Crippen LogP contribution is 2.29. The molecule has 0 spiro atoms. The lowest BCUT2D eigenvalue weighted by Crippen LogP contribution is -2.50. The van der Waals surface area contributed by atoms with Crippen molar-refractivity contribution in [2.75, 3.05) is 5.32 Å². The molecule has 23 heavy (non-hydrogen) atoms. The molecule has 2 atom stereocenters. The molecule has 0 saturated heterocycles. The van der Waals surface area contributed by atoms with Gasteiger partial charge in [0, 0.05) is 11.6 Å². The maximum Gasteiger partial charge on any atom is 0.249 e. The van der Waals surface area contributed by atoms with Gasteiger partial charge in [-0.1, -0.05) is 32.9 Å². The summed E-state index contributed by atoms with van der Waals surface area (Å²) in [5.41, 5.74) is 1.86. The summed E-state index contributed by atoms with van der Waals surface area (Å²) in [6.45, 7) is 7.87. The van der Waals surface area contributed by atoms with E-state index in [1.807, 2.05) is 24.3 Å². The fourth-order valence-corrected chi connectivity index (χ4v) is 2.30. The number of aliphatic hydroxyl groups is 1. The summed E-state index contributed by atoms with van der Waals surface area (Å²) in [5.74, 6) is -0.568. The van der Waals surface area contributed by atoms with E-state index in [1.165, 1.54) is 12.5 Å². The number of benzene rings is 1. The van der Waals surface area contributed by atoms with Gasteiger partial charge in [-0.25, -0.2) is 0 Å². The summed E-state index contributed by atoms with van der Waals surface area (Å²) in [6.07, 6.45) is 0.759. The van der Waals surface area contributed by atoms with Gasteiger partial charge < -0.3 is 15.7 Å². The van der Waals surface area contributed by atoms with E-state index < -0.39 is 18.1 Å². The van der Waals surface area contributed by atoms with Gasteiger partial charge in [0.25, 0.3) is 0 Å². The van der Waals surface area contributed by atoms with Crippen LogP contribution in [-0.2, 0) is 15.0 Å². The molecule has 1 aliphatic rings. The number of hydrogen-bond acceptors (Lipinski definition) is 3. The first-order valence-corrected chi connectivity index (χ1v) is 8.08. The van der Waals surface area contributed by atoms with Crippen LogP contribution >= 0.6 is 0 Å². The van der Waals surface area contributed by atoms with Crippen LogP contribution in [0.5, 0.6) is 0 Å². The van der Waals surface area contributed by atoms with Crippen molar-refractivity contribution >= 4 is 17.5 Å². The third-order valence-electron chi connectivity index (χ3n) is 4.03. The molecular weight excluding hydrogens is 292 g/mol. The normalized spacial score (nSPS) is 17.3. The molecule has 1 aromatic rings. The van der Waals surface area contributed by atoms with Gasteiger partial charge in [-0.05, 0) is 42.9 Å². The third-order valence-corrected chi connectivity index (χ3v) is 4.03. The molecule has 1 aromatic carbocycles. The molecule has 126 valence electrons. The van der Waals surface area contributed by atoms with Crippen molar-refractivity contribution in [1.82, 2.24) is 5.32 Å². The molecule has 1 saturated carbocycles. The van der Waals surface area contributed by atoms with Crippen molar-refractivity contribution in [2.24, 2.45) is 5.92 Å². The Morgan fingerprint density at radius 2 is 1.74 bits per heavy atom. The van der Waals surface area contributed by atoms with Crippen LogP contribution in [0, 0.1) is 5.92 Å². The van der Waals surface area contributed by atoms with Gasteiger partial charge in [-0.2, -0.15) is 0 Å². The van der Waals surface area contributed by atoms with E-state index in [1.54, 1.807) is 0 Å². The minimum Gasteiger partial charge on any atom is -0.391 e. The zero-order valence-corrected chi connectivity index (χ0v) is 14.2. The number of amides is 2. The first-order chi connectivity index (χ1) is 10.7. The molecular formula is C18H26N2O3. The summed E-state index contributed by atoms with van der Waals surface area (Å²) in [5, 5.41) is 15.2. The quantitative estimate of drug-likeness (QED) is 0.779. The van der Waals surface area contributed by atoms with E-state index in [9.17, 15) is 14.7 Å². The maximum atomic E-state index is 12.3. The number of rotatable bonds is 5. The Bertz CT molecular complexity index is 569. The Hall–Kier alpha value is -1.88. The topological polar surface area (TPSA) is 78.4 Å². The van der Waals surface area contributed by atoms with Gasteiger partial charge in [-0.3, -0.25) is 9.59 Å². The smallest absolute Gasteiger partial charge is 0.249 e. The van der Waals surface area contributed by atoms with Crippen LogP contribution in [0.15, 0.2) is 24.3 Å². The largest absolute Gasteiger partial charge is 0.391 e. The minimum absolute atomic E-state index is 0.00452. The molecule has 0 aromatic heterocycles. The van der Waals surface area contributed by atoms with Gasteiger partial charge in [0.05, 0.1) is 6.10 Å². The fourth-order valence-electron chi connectivity index (χ4n) is 2.30. The summed E-state index contributed by atoms with van der Waals surface area (Å²) in [4.78, 5) is 24.2. The molecule has 2 unspecified atom stereocenters. The van der Waals surface area contributed by atoms with Crippen molar-refractivity contribution < 1.29 is 14.7 Å². The van der Waals surface area contributed by atoms with E-state index in [-0.39, 0.29) is 17.2 Å². The predicted octanol–water partition coefficient (Wildman–Crippen LogP) is 2.20. The Morgan fingerprint density at radius 3 is 2.17 bits per heavy atom. The maximum absolute atomic E-state index is 12.3. The lowest BCUT2D eigenvalue weighted by Gasteiger charge is -2.22. The summed E-state index contributed by atoms with van der Waals surface area (Å²) in [6, 6.07) is 6.66. The van der Waals surface area contributed by atoms with Gasteiger partial charge in [0.2, 0.25) is 11.8 Å². The van der Waals surface area contributed by atoms with Gasteiger partial charge in [0.1, 0.15) is 6.04 Å². The number of anilines is 1. The zero-order valence-electron chi connectivity index (χ0n) is 14.2. The predicted molar refractivity (Wildman–Crippen MR) is 90.1 cm³/mol. The molecule has 2 rings (SSSR count). The summed E-state index contributed by atoms with van der Waals surface area (Å²) in [7, 11) is 0. The Balaban J connectivity index is 2.01. The van der Waals surface area contributed by atoms with Crippen molar-refractivity contribution in [3.8, 4) is 0 Å². The van der Waals surface area contributed by atoms with Crippen LogP contribution in [0.1, 0.15) is 46.1 Å². The molecule has 3 N–H and O–H groups in total. The van der Waals surface area contributed by atoms with Crippen LogP contribution < -0.4 is 10.6 Å². The monoisotopic (exact) mass is 318 g/mol. The van der Waals surface area contributed by atoms with E-state index >= 15 is 0 Å². The van der Waals surface area contributed by atoms with Crippen molar-refractivity contribution in [2.45, 2.75) is 58.1 Å². The molecule has 0 radical (unpaired) electrons. The van der Waals surface area contributed by atoms with Gasteiger partial charge in [-0.15, -0.1) is 0 Å². The summed E-state index contributed by atoms with van der Waals surface area (Å²) < 4.78 is 0. The second-order valence-electron chi connectivity index (χ2n) is 7.32. The zero-order chi connectivity index (χ0) is 17.2. The average molecular weight is 318 g/mol. The highest BCUT2D eigenvalue weighted by Gasteiger charge is 2.34. The second kappa shape index (κ2) is 6.71. The lowest BCUT2D eigenvalue weighted by molar-refractivity contribution is -0.129. The summed E-state index contributed by atoms with van der Waals surface area (Å²) >= 11 is 0. The molecule has 5 nitrogen and oxygen atoms in total. The number of carbonyl (C=O) groups excluding carboxylic acids is 2. The Labute approximate surface area is 137 Å². The molecule has 0 aliphatic heterocycles. The fraction of sp³-hybridized carbons (Fsp3) is 0.556. The molecule has 2 amide bonds. The van der Waals surface area contributed by atoms with Crippen molar-refractivity contribution in [1.29, 1.82) is 0 Å². The van der Waals surface area contributed by atoms with Crippen LogP contribution in [-0.4, -0.2) is 29.1 Å². The lowest BCUT2D eigenvalue weighted by atomic mass is 9.87. The SMILES string of the molecule is CC(O)C(NC(=O)C1CC1)C(=O)Nc1ccc(C(C)(C)C)cc1. The van der Waals surface area contributed by atoms with E-state index in [4.69, 9.17) is 0 Å². The first kappa shape index (κ1) is 17.5. The van der Waals surface area contributed by atoms with E-state index in [0.29, 0.717) is 5.69 Å². The number of nitrogens with one attached hydrogen (secondary N) is 2. The van der Waals surface area contributed by atoms with Crippen LogP contribution in [0.3, 0.4) is 0 Å². The first-order valence-electron chi connectivity index (χ1n) is 8.08.